The van der Waals surface area contributed by atoms with Crippen molar-refractivity contribution in [1.82, 2.24) is 0 Å². The van der Waals surface area contributed by atoms with Crippen LogP contribution in [0.3, 0.4) is 0 Å². The van der Waals surface area contributed by atoms with Crippen LogP contribution < -0.4 is 5.73 Å². The first-order valence-corrected chi connectivity index (χ1v) is 3.84. The lowest BCUT2D eigenvalue weighted by Gasteiger charge is -2.19. The summed E-state index contributed by atoms with van der Waals surface area (Å²) in [6.07, 6.45) is 7.36. The van der Waals surface area contributed by atoms with E-state index in [4.69, 9.17) is 5.73 Å². The molecule has 0 aromatic carbocycles. The molecule has 2 N–H and O–H groups in total. The van der Waals surface area contributed by atoms with Gasteiger partial charge in [0.25, 0.3) is 0 Å². The first-order chi connectivity index (χ1) is 4.72. The lowest BCUT2D eigenvalue weighted by molar-refractivity contribution is 0.640. The predicted molar refractivity (Wildman–Crippen MR) is 44.7 cm³/mol. The second kappa shape index (κ2) is 3.02. The zero-order valence-electron chi connectivity index (χ0n) is 6.67. The molecule has 56 valence electrons. The van der Waals surface area contributed by atoms with Crippen LogP contribution in [0.15, 0.2) is 23.8 Å². The molecule has 1 heteroatoms. The van der Waals surface area contributed by atoms with E-state index in [2.05, 4.69) is 32.1 Å². The van der Waals surface area contributed by atoms with Gasteiger partial charge in [0.1, 0.15) is 0 Å². The smallest absolute Gasteiger partial charge is 0.0294 e. The molecule has 1 rings (SSSR count). The van der Waals surface area contributed by atoms with E-state index in [1.54, 1.807) is 0 Å². The summed E-state index contributed by atoms with van der Waals surface area (Å²) in [6.45, 7) is 4.37. The van der Waals surface area contributed by atoms with E-state index >= 15 is 0 Å². The van der Waals surface area contributed by atoms with Crippen molar-refractivity contribution in [2.24, 2.45) is 11.7 Å². The molecule has 1 aliphatic rings. The highest BCUT2D eigenvalue weighted by molar-refractivity contribution is 5.24. The Morgan fingerprint density at radius 1 is 1.60 bits per heavy atom. The van der Waals surface area contributed by atoms with E-state index in [0.29, 0.717) is 5.92 Å². The normalized spacial score (nSPS) is 25.2. The van der Waals surface area contributed by atoms with Crippen LogP contribution in [0.4, 0.5) is 0 Å². The van der Waals surface area contributed by atoms with Gasteiger partial charge >= 0.3 is 0 Å². The third-order valence-corrected chi connectivity index (χ3v) is 1.91. The summed E-state index contributed by atoms with van der Waals surface area (Å²) in [5, 5.41) is 0. The molecule has 0 fully saturated rings. The Morgan fingerprint density at radius 3 is 2.70 bits per heavy atom. The van der Waals surface area contributed by atoms with Gasteiger partial charge in [0.2, 0.25) is 0 Å². The van der Waals surface area contributed by atoms with Crippen LogP contribution in [0.5, 0.6) is 0 Å². The van der Waals surface area contributed by atoms with Gasteiger partial charge in [-0.25, -0.2) is 0 Å². The van der Waals surface area contributed by atoms with Gasteiger partial charge in [0, 0.05) is 6.04 Å². The fourth-order valence-corrected chi connectivity index (χ4v) is 1.28. The predicted octanol–water partition coefficient (Wildman–Crippen LogP) is 1.86. The van der Waals surface area contributed by atoms with Crippen LogP contribution in [0, 0.1) is 5.92 Å². The van der Waals surface area contributed by atoms with Gasteiger partial charge < -0.3 is 5.73 Å². The summed E-state index contributed by atoms with van der Waals surface area (Å²) >= 11 is 0. The first-order valence-electron chi connectivity index (χ1n) is 3.84. The Bertz CT molecular complexity index is 166. The topological polar surface area (TPSA) is 26.0 Å². The molecule has 10 heavy (non-hydrogen) atoms. The van der Waals surface area contributed by atoms with E-state index in [9.17, 15) is 0 Å². The molecule has 0 aliphatic heterocycles. The Kier molecular flexibility index (Phi) is 2.28. The Morgan fingerprint density at radius 2 is 2.30 bits per heavy atom. The molecule has 0 aromatic rings. The molecule has 0 aromatic heterocycles. The highest BCUT2D eigenvalue weighted by Gasteiger charge is 2.12. The van der Waals surface area contributed by atoms with Gasteiger partial charge in [0.15, 0.2) is 0 Å². The molecule has 0 bridgehead atoms. The van der Waals surface area contributed by atoms with Crippen molar-refractivity contribution in [1.29, 1.82) is 0 Å². The third-order valence-electron chi connectivity index (χ3n) is 1.91. The largest absolute Gasteiger partial charge is 0.324 e. The molecule has 0 heterocycles. The van der Waals surface area contributed by atoms with Gasteiger partial charge in [0.05, 0.1) is 0 Å². The number of hydrogen-bond donors (Lipinski definition) is 1. The van der Waals surface area contributed by atoms with Crippen molar-refractivity contribution in [3.8, 4) is 0 Å². The quantitative estimate of drug-likeness (QED) is 0.586. The van der Waals surface area contributed by atoms with Crippen LogP contribution in [0.1, 0.15) is 20.3 Å². The molecular weight excluding hydrogens is 122 g/mol. The molecule has 0 unspecified atom stereocenters. The van der Waals surface area contributed by atoms with E-state index in [1.807, 2.05) is 0 Å². The lowest BCUT2D eigenvalue weighted by Crippen LogP contribution is -2.25. The molecule has 1 nitrogen and oxygen atoms in total. The summed E-state index contributed by atoms with van der Waals surface area (Å²) in [4.78, 5) is 0. The second-order valence-corrected chi connectivity index (χ2v) is 3.09. The fourth-order valence-electron chi connectivity index (χ4n) is 1.28. The van der Waals surface area contributed by atoms with E-state index < -0.39 is 0 Å². The van der Waals surface area contributed by atoms with E-state index in [0.717, 1.165) is 6.42 Å². The minimum Gasteiger partial charge on any atom is -0.324 e. The highest BCUT2D eigenvalue weighted by Crippen LogP contribution is 2.18. The molecule has 0 radical (unpaired) electrons. The van der Waals surface area contributed by atoms with Gasteiger partial charge in [-0.2, -0.15) is 0 Å². The fraction of sp³-hybridized carbons (Fsp3) is 0.556. The molecule has 0 saturated heterocycles. The van der Waals surface area contributed by atoms with Crippen molar-refractivity contribution in [2.45, 2.75) is 26.3 Å². The Hall–Kier alpha value is -0.560. The Balaban J connectivity index is 2.70. The number of hydrogen-bond acceptors (Lipinski definition) is 1. The number of rotatable bonds is 1. The third kappa shape index (κ3) is 1.48. The minimum absolute atomic E-state index is 0.269. The SMILES string of the molecule is CC(C)C1=CC=CC[C@H]1N. The molecule has 0 amide bonds. The molecule has 0 spiro atoms. The first kappa shape index (κ1) is 7.55. The van der Waals surface area contributed by atoms with Crippen molar-refractivity contribution in [3.63, 3.8) is 0 Å². The maximum atomic E-state index is 5.86. The van der Waals surface area contributed by atoms with E-state index in [1.165, 1.54) is 5.57 Å². The van der Waals surface area contributed by atoms with Gasteiger partial charge in [-0.05, 0) is 12.3 Å². The molecular formula is C9H15N. The van der Waals surface area contributed by atoms with Crippen LogP contribution >= 0.6 is 0 Å². The maximum Gasteiger partial charge on any atom is 0.0294 e. The zero-order chi connectivity index (χ0) is 7.56. The second-order valence-electron chi connectivity index (χ2n) is 3.09. The van der Waals surface area contributed by atoms with Crippen LogP contribution in [0.25, 0.3) is 0 Å². The van der Waals surface area contributed by atoms with Crippen LogP contribution in [-0.2, 0) is 0 Å². The van der Waals surface area contributed by atoms with Crippen LogP contribution in [0.2, 0.25) is 0 Å². The average molecular weight is 137 g/mol. The van der Waals surface area contributed by atoms with Gasteiger partial charge in [-0.15, -0.1) is 0 Å². The summed E-state index contributed by atoms with van der Waals surface area (Å²) in [5.74, 6) is 0.597. The summed E-state index contributed by atoms with van der Waals surface area (Å²) in [5.41, 5.74) is 7.24. The maximum absolute atomic E-state index is 5.86. The monoisotopic (exact) mass is 137 g/mol. The van der Waals surface area contributed by atoms with Crippen LogP contribution in [-0.4, -0.2) is 6.04 Å². The highest BCUT2D eigenvalue weighted by atomic mass is 14.6. The van der Waals surface area contributed by atoms with Gasteiger partial charge in [-0.1, -0.05) is 37.6 Å². The summed E-state index contributed by atoms with van der Waals surface area (Å²) in [7, 11) is 0. The van der Waals surface area contributed by atoms with Crippen molar-refractivity contribution < 1.29 is 0 Å². The minimum atomic E-state index is 0.269. The zero-order valence-corrected chi connectivity index (χ0v) is 6.67. The molecule has 0 saturated carbocycles. The Labute approximate surface area is 62.6 Å². The van der Waals surface area contributed by atoms with Crippen molar-refractivity contribution in [2.75, 3.05) is 0 Å². The summed E-state index contributed by atoms with van der Waals surface area (Å²) in [6, 6.07) is 0.269. The lowest BCUT2D eigenvalue weighted by atomic mass is 9.91. The summed E-state index contributed by atoms with van der Waals surface area (Å²) < 4.78 is 0. The molecule has 1 aliphatic carbocycles. The molecule has 1 atom stereocenters. The van der Waals surface area contributed by atoms with Crippen molar-refractivity contribution >= 4 is 0 Å². The number of nitrogens with two attached hydrogens (primary N) is 1. The average Bonchev–Trinajstić information content (AvgIpc) is 1.88. The standard InChI is InChI=1S/C9H15N/c1-7(2)8-5-3-4-6-9(8)10/h3-5,7,9H,6,10H2,1-2H3/t9-/m1/s1. The number of allylic oxidation sites excluding steroid dienone is 2. The van der Waals surface area contributed by atoms with E-state index in [-0.39, 0.29) is 6.04 Å². The van der Waals surface area contributed by atoms with Gasteiger partial charge in [-0.3, -0.25) is 0 Å². The van der Waals surface area contributed by atoms with Crippen molar-refractivity contribution in [3.05, 3.63) is 23.8 Å².